The number of carbonyl (C=O) groups is 1. The summed E-state index contributed by atoms with van der Waals surface area (Å²) in [7, 11) is -0.350. The minimum atomic E-state index is -3.62. The molecule has 0 aromatic heterocycles. The fourth-order valence-electron chi connectivity index (χ4n) is 2.92. The smallest absolute Gasteiger partial charge is 0.243 e. The van der Waals surface area contributed by atoms with Crippen LogP contribution in [0.1, 0.15) is 30.9 Å². The normalized spacial score (nSPS) is 11.4. The van der Waals surface area contributed by atoms with Crippen molar-refractivity contribution in [3.63, 3.8) is 0 Å². The van der Waals surface area contributed by atoms with Gasteiger partial charge in [0, 0.05) is 13.6 Å². The highest BCUT2D eigenvalue weighted by Gasteiger charge is 2.25. The summed E-state index contributed by atoms with van der Waals surface area (Å²) in [6, 6.07) is 14.7. The third kappa shape index (κ3) is 5.48. The number of hydrogen-bond acceptors (Lipinski definition) is 4. The molecule has 0 bridgehead atoms. The third-order valence-corrected chi connectivity index (χ3v) is 5.64. The number of benzene rings is 2. The molecular weight excluding hydrogens is 376 g/mol. The van der Waals surface area contributed by atoms with E-state index in [1.165, 1.54) is 9.21 Å². The average molecular weight is 405 g/mol. The highest BCUT2D eigenvalue weighted by Crippen LogP contribution is 2.29. The Morgan fingerprint density at radius 3 is 2.21 bits per heavy atom. The van der Waals surface area contributed by atoms with Crippen LogP contribution in [0.4, 0.5) is 5.69 Å². The van der Waals surface area contributed by atoms with Gasteiger partial charge in [0.15, 0.2) is 0 Å². The van der Waals surface area contributed by atoms with Gasteiger partial charge < -0.3 is 9.64 Å². The molecule has 0 aliphatic heterocycles. The van der Waals surface area contributed by atoms with E-state index >= 15 is 0 Å². The number of ether oxygens (including phenoxy) is 1. The maximum Gasteiger partial charge on any atom is 0.243 e. The Balaban J connectivity index is 2.21. The number of para-hydroxylation sites is 1. The van der Waals surface area contributed by atoms with Gasteiger partial charge in [-0.3, -0.25) is 9.10 Å². The van der Waals surface area contributed by atoms with Gasteiger partial charge in [0.05, 0.1) is 19.1 Å². The van der Waals surface area contributed by atoms with Crippen molar-refractivity contribution in [2.45, 2.75) is 26.3 Å². The zero-order valence-corrected chi connectivity index (χ0v) is 17.9. The maximum absolute atomic E-state index is 12.8. The Morgan fingerprint density at radius 2 is 1.68 bits per heavy atom. The van der Waals surface area contributed by atoms with Gasteiger partial charge in [0.1, 0.15) is 12.3 Å². The molecule has 28 heavy (non-hydrogen) atoms. The molecule has 0 saturated carbocycles. The van der Waals surface area contributed by atoms with Gasteiger partial charge in [-0.1, -0.05) is 44.2 Å². The molecule has 0 spiro atoms. The number of methoxy groups -OCH3 is 1. The molecular formula is C21H28N2O4S. The Labute approximate surface area is 167 Å². The summed E-state index contributed by atoms with van der Waals surface area (Å²) in [6.07, 6.45) is 1.13. The lowest BCUT2D eigenvalue weighted by Gasteiger charge is -2.27. The first kappa shape index (κ1) is 21.8. The van der Waals surface area contributed by atoms with E-state index in [1.807, 2.05) is 50.2 Å². The summed E-state index contributed by atoms with van der Waals surface area (Å²) in [4.78, 5) is 14.3. The number of carbonyl (C=O) groups excluding carboxylic acids is 1. The number of nitrogens with zero attached hydrogens (tertiary/aromatic N) is 2. The van der Waals surface area contributed by atoms with E-state index in [4.69, 9.17) is 4.74 Å². The van der Waals surface area contributed by atoms with Gasteiger partial charge in [0.25, 0.3) is 0 Å². The van der Waals surface area contributed by atoms with Crippen LogP contribution < -0.4 is 9.04 Å². The lowest BCUT2D eigenvalue weighted by Crippen LogP contribution is -2.41. The van der Waals surface area contributed by atoms with Gasteiger partial charge in [-0.05, 0) is 35.2 Å². The van der Waals surface area contributed by atoms with Crippen molar-refractivity contribution in [1.82, 2.24) is 4.90 Å². The lowest BCUT2D eigenvalue weighted by molar-refractivity contribution is -0.128. The lowest BCUT2D eigenvalue weighted by atomic mass is 10.0. The Hall–Kier alpha value is -2.54. The molecule has 0 aliphatic carbocycles. The van der Waals surface area contributed by atoms with E-state index in [-0.39, 0.29) is 18.4 Å². The van der Waals surface area contributed by atoms with Crippen molar-refractivity contribution < 1.29 is 17.9 Å². The minimum absolute atomic E-state index is 0.132. The number of rotatable bonds is 8. The van der Waals surface area contributed by atoms with E-state index in [1.54, 1.807) is 26.3 Å². The highest BCUT2D eigenvalue weighted by molar-refractivity contribution is 7.92. The third-order valence-electron chi connectivity index (χ3n) is 4.51. The SMILES string of the molecule is COc1ccc(CN(C)C(=O)CN(c2ccccc2C(C)C)S(C)(=O)=O)cc1. The molecule has 0 N–H and O–H groups in total. The molecule has 0 heterocycles. The van der Waals surface area contributed by atoms with E-state index in [0.29, 0.717) is 12.2 Å². The standard InChI is InChI=1S/C21H28N2O4S/c1-16(2)19-8-6-7-9-20(19)23(28(5,25)26)15-21(24)22(3)14-17-10-12-18(27-4)13-11-17/h6-13,16H,14-15H2,1-5H3. The van der Waals surface area contributed by atoms with E-state index in [0.717, 1.165) is 23.1 Å². The zero-order chi connectivity index (χ0) is 20.9. The molecule has 152 valence electrons. The first-order valence-corrected chi connectivity index (χ1v) is 10.9. The number of hydrogen-bond donors (Lipinski definition) is 0. The predicted molar refractivity (Wildman–Crippen MR) is 112 cm³/mol. The fourth-order valence-corrected chi connectivity index (χ4v) is 3.79. The summed E-state index contributed by atoms with van der Waals surface area (Å²) < 4.78 is 31.2. The first-order chi connectivity index (χ1) is 13.1. The highest BCUT2D eigenvalue weighted by atomic mass is 32.2. The van der Waals surface area contributed by atoms with Crippen LogP contribution in [0.25, 0.3) is 0 Å². The van der Waals surface area contributed by atoms with Crippen LogP contribution in [0.2, 0.25) is 0 Å². The molecule has 0 atom stereocenters. The van der Waals surface area contributed by atoms with Crippen LogP contribution >= 0.6 is 0 Å². The van der Waals surface area contributed by atoms with Crippen LogP contribution in [0, 0.1) is 0 Å². The molecule has 6 nitrogen and oxygen atoms in total. The van der Waals surface area contributed by atoms with Crippen molar-refractivity contribution in [1.29, 1.82) is 0 Å². The van der Waals surface area contributed by atoms with Crippen molar-refractivity contribution in [2.24, 2.45) is 0 Å². The van der Waals surface area contributed by atoms with Crippen LogP contribution in [0.5, 0.6) is 5.75 Å². The molecule has 2 aromatic rings. The molecule has 1 amide bonds. The molecule has 0 unspecified atom stereocenters. The summed E-state index contributed by atoms with van der Waals surface area (Å²) in [5, 5.41) is 0. The summed E-state index contributed by atoms with van der Waals surface area (Å²) in [5.74, 6) is 0.596. The second kappa shape index (κ2) is 9.10. The van der Waals surface area contributed by atoms with Gasteiger partial charge in [-0.25, -0.2) is 8.42 Å². The van der Waals surface area contributed by atoms with Crippen molar-refractivity contribution in [3.8, 4) is 5.75 Å². The second-order valence-corrected chi connectivity index (χ2v) is 8.99. The number of amides is 1. The zero-order valence-electron chi connectivity index (χ0n) is 17.0. The molecule has 0 aliphatic rings. The average Bonchev–Trinajstić information content (AvgIpc) is 2.65. The van der Waals surface area contributed by atoms with Crippen LogP contribution in [0.15, 0.2) is 48.5 Å². The Morgan fingerprint density at radius 1 is 1.07 bits per heavy atom. The number of likely N-dealkylation sites (N-methyl/N-ethyl adjacent to an activating group) is 1. The monoisotopic (exact) mass is 404 g/mol. The largest absolute Gasteiger partial charge is 0.497 e. The van der Waals surface area contributed by atoms with Gasteiger partial charge in [-0.2, -0.15) is 0 Å². The minimum Gasteiger partial charge on any atom is -0.497 e. The van der Waals surface area contributed by atoms with Crippen LogP contribution in [-0.4, -0.2) is 46.2 Å². The molecule has 2 aromatic carbocycles. The van der Waals surface area contributed by atoms with Gasteiger partial charge >= 0.3 is 0 Å². The van der Waals surface area contributed by atoms with Crippen LogP contribution in [-0.2, 0) is 21.4 Å². The van der Waals surface area contributed by atoms with E-state index < -0.39 is 10.0 Å². The maximum atomic E-state index is 12.8. The first-order valence-electron chi connectivity index (χ1n) is 9.07. The molecule has 0 fully saturated rings. The molecule has 2 rings (SSSR count). The summed E-state index contributed by atoms with van der Waals surface area (Å²) in [5.41, 5.74) is 2.37. The summed E-state index contributed by atoms with van der Waals surface area (Å²) in [6.45, 7) is 4.13. The van der Waals surface area contributed by atoms with E-state index in [2.05, 4.69) is 0 Å². The summed E-state index contributed by atoms with van der Waals surface area (Å²) >= 11 is 0. The fraction of sp³-hybridized carbons (Fsp3) is 0.381. The molecule has 0 radical (unpaired) electrons. The van der Waals surface area contributed by atoms with Crippen LogP contribution in [0.3, 0.4) is 0 Å². The quantitative estimate of drug-likeness (QED) is 0.677. The number of anilines is 1. The predicted octanol–water partition coefficient (Wildman–Crippen LogP) is 3.24. The van der Waals surface area contributed by atoms with Crippen molar-refractivity contribution in [3.05, 3.63) is 59.7 Å². The van der Waals surface area contributed by atoms with Gasteiger partial charge in [0.2, 0.25) is 15.9 Å². The Kier molecular flexibility index (Phi) is 7.07. The van der Waals surface area contributed by atoms with Gasteiger partial charge in [-0.15, -0.1) is 0 Å². The second-order valence-electron chi connectivity index (χ2n) is 7.08. The topological polar surface area (TPSA) is 66.9 Å². The van der Waals surface area contributed by atoms with Crippen molar-refractivity contribution in [2.75, 3.05) is 31.3 Å². The van der Waals surface area contributed by atoms with Crippen molar-refractivity contribution >= 4 is 21.6 Å². The van der Waals surface area contributed by atoms with E-state index in [9.17, 15) is 13.2 Å². The molecule has 7 heteroatoms. The number of sulfonamides is 1. The molecule has 0 saturated heterocycles. The Bertz CT molecular complexity index is 908.